The van der Waals surface area contributed by atoms with Crippen molar-refractivity contribution in [1.29, 1.82) is 0 Å². The Morgan fingerprint density at radius 3 is 2.42 bits per heavy atom. The molecule has 1 amide bonds. The molecule has 0 spiro atoms. The van der Waals surface area contributed by atoms with Crippen molar-refractivity contribution < 1.29 is 17.9 Å². The number of sulfonamides is 1. The predicted molar refractivity (Wildman–Crippen MR) is 92.4 cm³/mol. The summed E-state index contributed by atoms with van der Waals surface area (Å²) < 4.78 is 32.1. The second-order valence-corrected chi connectivity index (χ2v) is 7.52. The molecule has 3 rings (SSSR count). The van der Waals surface area contributed by atoms with E-state index >= 15 is 0 Å². The number of amides is 1. The lowest BCUT2D eigenvalue weighted by Gasteiger charge is -2.14. The van der Waals surface area contributed by atoms with Crippen LogP contribution in [0.1, 0.15) is 0 Å². The highest BCUT2D eigenvalue weighted by molar-refractivity contribution is 7.92. The first-order valence-corrected chi connectivity index (χ1v) is 9.13. The van der Waals surface area contributed by atoms with Crippen molar-refractivity contribution in [3.05, 3.63) is 52.5 Å². The summed E-state index contributed by atoms with van der Waals surface area (Å²) in [6.07, 6.45) is -0.450. The molecule has 9 heteroatoms. The SMILES string of the molecule is O=C1OCCN1c1ccc(S(=O)(=O)Nc2cc(Cl)ccc2Cl)cc1. The first kappa shape index (κ1) is 16.9. The molecule has 6 nitrogen and oxygen atoms in total. The zero-order valence-electron chi connectivity index (χ0n) is 12.2. The fourth-order valence-electron chi connectivity index (χ4n) is 2.21. The molecule has 2 aromatic rings. The minimum atomic E-state index is -3.83. The lowest BCUT2D eigenvalue weighted by Crippen LogP contribution is -2.23. The Hall–Kier alpha value is -1.96. The van der Waals surface area contributed by atoms with E-state index in [1.807, 2.05) is 0 Å². The van der Waals surface area contributed by atoms with Crippen LogP contribution >= 0.6 is 23.2 Å². The molecule has 1 fully saturated rings. The van der Waals surface area contributed by atoms with Crippen LogP contribution in [0.15, 0.2) is 47.4 Å². The number of anilines is 2. The minimum Gasteiger partial charge on any atom is -0.447 e. The summed E-state index contributed by atoms with van der Waals surface area (Å²) in [7, 11) is -3.83. The standard InChI is InChI=1S/C15H12Cl2N2O4S/c16-10-1-6-13(17)14(9-10)18-24(21,22)12-4-2-11(3-5-12)19-7-8-23-15(19)20/h1-6,9,18H,7-8H2. The molecule has 0 saturated carbocycles. The van der Waals surface area contributed by atoms with Crippen molar-refractivity contribution in [2.24, 2.45) is 0 Å². The van der Waals surface area contributed by atoms with Gasteiger partial charge in [0, 0.05) is 10.7 Å². The summed E-state index contributed by atoms with van der Waals surface area (Å²) in [4.78, 5) is 13.0. The van der Waals surface area contributed by atoms with E-state index < -0.39 is 16.1 Å². The normalized spacial score (nSPS) is 14.6. The van der Waals surface area contributed by atoms with Crippen molar-refractivity contribution in [3.63, 3.8) is 0 Å². The van der Waals surface area contributed by atoms with Gasteiger partial charge < -0.3 is 4.74 Å². The van der Waals surface area contributed by atoms with E-state index in [0.717, 1.165) is 0 Å². The zero-order valence-corrected chi connectivity index (χ0v) is 14.5. The Morgan fingerprint density at radius 1 is 1.08 bits per heavy atom. The van der Waals surface area contributed by atoms with Crippen LogP contribution < -0.4 is 9.62 Å². The van der Waals surface area contributed by atoms with Crippen LogP contribution in [-0.4, -0.2) is 27.7 Å². The van der Waals surface area contributed by atoms with Crippen LogP contribution in [0.25, 0.3) is 0 Å². The number of hydrogen-bond donors (Lipinski definition) is 1. The highest BCUT2D eigenvalue weighted by Crippen LogP contribution is 2.28. The Balaban J connectivity index is 1.84. The fraction of sp³-hybridized carbons (Fsp3) is 0.133. The molecule has 126 valence electrons. The molecule has 0 bridgehead atoms. The predicted octanol–water partition coefficient (Wildman–Crippen LogP) is 3.75. The maximum atomic E-state index is 12.4. The van der Waals surface area contributed by atoms with Gasteiger partial charge in [-0.05, 0) is 42.5 Å². The van der Waals surface area contributed by atoms with Gasteiger partial charge in [-0.25, -0.2) is 13.2 Å². The molecule has 0 unspecified atom stereocenters. The second-order valence-electron chi connectivity index (χ2n) is 4.99. The van der Waals surface area contributed by atoms with Crippen molar-refractivity contribution in [1.82, 2.24) is 0 Å². The number of carbonyl (C=O) groups is 1. The van der Waals surface area contributed by atoms with E-state index in [1.165, 1.54) is 29.2 Å². The molecule has 1 aliphatic heterocycles. The molecule has 1 aliphatic rings. The van der Waals surface area contributed by atoms with Gasteiger partial charge in [0.2, 0.25) is 0 Å². The maximum absolute atomic E-state index is 12.4. The summed E-state index contributed by atoms with van der Waals surface area (Å²) in [5, 5.41) is 0.597. The molecule has 1 N–H and O–H groups in total. The maximum Gasteiger partial charge on any atom is 0.414 e. The molecule has 0 radical (unpaired) electrons. The summed E-state index contributed by atoms with van der Waals surface area (Å²) in [5.41, 5.74) is 0.758. The van der Waals surface area contributed by atoms with Crippen molar-refractivity contribution >= 4 is 50.7 Å². The van der Waals surface area contributed by atoms with Gasteiger partial charge in [0.25, 0.3) is 10.0 Å². The molecule has 24 heavy (non-hydrogen) atoms. The average molecular weight is 387 g/mol. The molecular weight excluding hydrogens is 375 g/mol. The van der Waals surface area contributed by atoms with Gasteiger partial charge >= 0.3 is 6.09 Å². The van der Waals surface area contributed by atoms with E-state index in [2.05, 4.69) is 4.72 Å². The van der Waals surface area contributed by atoms with Gasteiger partial charge in [0.15, 0.2) is 0 Å². The van der Waals surface area contributed by atoms with Gasteiger partial charge in [0.1, 0.15) is 6.61 Å². The molecular formula is C15H12Cl2N2O4S. The Morgan fingerprint density at radius 2 is 1.79 bits per heavy atom. The third-order valence-corrected chi connectivity index (χ3v) is 5.34. The van der Waals surface area contributed by atoms with Crippen molar-refractivity contribution in [2.45, 2.75) is 4.90 Å². The van der Waals surface area contributed by atoms with Gasteiger partial charge in [0.05, 0.1) is 22.2 Å². The Kier molecular flexibility index (Phi) is 4.58. The first-order chi connectivity index (χ1) is 11.4. The largest absolute Gasteiger partial charge is 0.447 e. The summed E-state index contributed by atoms with van der Waals surface area (Å²) in [6, 6.07) is 10.4. The number of halogens is 2. The van der Waals surface area contributed by atoms with Crippen molar-refractivity contribution in [3.8, 4) is 0 Å². The van der Waals surface area contributed by atoms with E-state index in [4.69, 9.17) is 27.9 Å². The van der Waals surface area contributed by atoms with Crippen LogP contribution in [0, 0.1) is 0 Å². The third kappa shape index (κ3) is 3.43. The van der Waals surface area contributed by atoms with E-state index in [-0.39, 0.29) is 15.6 Å². The lowest BCUT2D eigenvalue weighted by molar-refractivity contribution is 0.181. The number of nitrogens with zero attached hydrogens (tertiary/aromatic N) is 1. The zero-order chi connectivity index (χ0) is 17.3. The number of benzene rings is 2. The summed E-state index contributed by atoms with van der Waals surface area (Å²) in [6.45, 7) is 0.745. The molecule has 1 heterocycles. The topological polar surface area (TPSA) is 75.7 Å². The smallest absolute Gasteiger partial charge is 0.414 e. The second kappa shape index (κ2) is 6.51. The summed E-state index contributed by atoms with van der Waals surface area (Å²) in [5.74, 6) is 0. The van der Waals surface area contributed by atoms with E-state index in [9.17, 15) is 13.2 Å². The van der Waals surface area contributed by atoms with E-state index in [1.54, 1.807) is 18.2 Å². The van der Waals surface area contributed by atoms with Crippen LogP contribution in [0.5, 0.6) is 0 Å². The highest BCUT2D eigenvalue weighted by Gasteiger charge is 2.24. The number of carbonyl (C=O) groups excluding carboxylic acids is 1. The number of ether oxygens (including phenoxy) is 1. The fourth-order valence-corrected chi connectivity index (χ4v) is 3.68. The van der Waals surface area contributed by atoms with Crippen LogP contribution in [0.3, 0.4) is 0 Å². The number of cyclic esters (lactones) is 1. The molecule has 1 saturated heterocycles. The Bertz CT molecular complexity index is 885. The highest BCUT2D eigenvalue weighted by atomic mass is 35.5. The van der Waals surface area contributed by atoms with Crippen LogP contribution in [0.2, 0.25) is 10.0 Å². The van der Waals surface area contributed by atoms with Gasteiger partial charge in [-0.2, -0.15) is 0 Å². The van der Waals surface area contributed by atoms with E-state index in [0.29, 0.717) is 23.9 Å². The molecule has 0 atom stereocenters. The van der Waals surface area contributed by atoms with Gasteiger partial charge in [-0.1, -0.05) is 23.2 Å². The third-order valence-electron chi connectivity index (χ3n) is 3.39. The lowest BCUT2D eigenvalue weighted by atomic mass is 10.3. The van der Waals surface area contributed by atoms with Crippen LogP contribution in [0.4, 0.5) is 16.2 Å². The first-order valence-electron chi connectivity index (χ1n) is 6.89. The quantitative estimate of drug-likeness (QED) is 0.867. The monoisotopic (exact) mass is 386 g/mol. The Labute approximate surface area is 149 Å². The molecule has 0 aromatic heterocycles. The minimum absolute atomic E-state index is 0.0369. The number of nitrogens with one attached hydrogen (secondary N) is 1. The van der Waals surface area contributed by atoms with Crippen molar-refractivity contribution in [2.75, 3.05) is 22.8 Å². The number of hydrogen-bond acceptors (Lipinski definition) is 4. The molecule has 0 aliphatic carbocycles. The van der Waals surface area contributed by atoms with Crippen LogP contribution in [-0.2, 0) is 14.8 Å². The van der Waals surface area contributed by atoms with Gasteiger partial charge in [-0.15, -0.1) is 0 Å². The molecule has 2 aromatic carbocycles. The average Bonchev–Trinajstić information content (AvgIpc) is 2.97. The summed E-state index contributed by atoms with van der Waals surface area (Å²) >= 11 is 11.8. The van der Waals surface area contributed by atoms with Gasteiger partial charge in [-0.3, -0.25) is 9.62 Å². The number of rotatable bonds is 4.